The van der Waals surface area contributed by atoms with Gasteiger partial charge in [0, 0.05) is 50.2 Å². The van der Waals surface area contributed by atoms with E-state index < -0.39 is 0 Å². The summed E-state index contributed by atoms with van der Waals surface area (Å²) in [5.41, 5.74) is 1.36. The molecule has 0 unspecified atom stereocenters. The molecular weight excluding hydrogens is 292 g/mol. The molecule has 1 saturated heterocycles. The van der Waals surface area contributed by atoms with Gasteiger partial charge in [0.15, 0.2) is 0 Å². The monoisotopic (exact) mass is 314 g/mol. The molecule has 122 valence electrons. The zero-order valence-corrected chi connectivity index (χ0v) is 13.3. The summed E-state index contributed by atoms with van der Waals surface area (Å²) in [5.74, 6) is -0.301. The number of carbonyl (C=O) groups excluding carboxylic acids is 1. The number of aromatic amines is 1. The number of hydrogen-bond donors (Lipinski definition) is 3. The van der Waals surface area contributed by atoms with Crippen LogP contribution in [0.5, 0.6) is 0 Å². The van der Waals surface area contributed by atoms with Gasteiger partial charge in [-0.3, -0.25) is 14.5 Å². The van der Waals surface area contributed by atoms with E-state index in [0.29, 0.717) is 6.54 Å². The van der Waals surface area contributed by atoms with Gasteiger partial charge < -0.3 is 15.6 Å². The summed E-state index contributed by atoms with van der Waals surface area (Å²) < 4.78 is 0. The van der Waals surface area contributed by atoms with Gasteiger partial charge in [0.1, 0.15) is 5.56 Å². The molecular formula is C17H22N4O2. The van der Waals surface area contributed by atoms with Gasteiger partial charge in [0.05, 0.1) is 0 Å². The van der Waals surface area contributed by atoms with E-state index in [2.05, 4.69) is 20.5 Å². The first-order valence-corrected chi connectivity index (χ1v) is 7.99. The topological polar surface area (TPSA) is 77.2 Å². The second-order valence-corrected chi connectivity index (χ2v) is 5.85. The molecule has 0 saturated carbocycles. The number of rotatable bonds is 4. The molecule has 0 atom stereocenters. The number of H-pyrrole nitrogens is 1. The van der Waals surface area contributed by atoms with Gasteiger partial charge >= 0.3 is 0 Å². The van der Waals surface area contributed by atoms with Crippen molar-refractivity contribution in [3.05, 3.63) is 45.7 Å². The third kappa shape index (κ3) is 3.43. The zero-order chi connectivity index (χ0) is 16.2. The van der Waals surface area contributed by atoms with E-state index in [9.17, 15) is 9.59 Å². The lowest BCUT2D eigenvalue weighted by Crippen LogP contribution is -2.46. The first-order chi connectivity index (χ1) is 11.2. The van der Waals surface area contributed by atoms with Crippen molar-refractivity contribution in [1.29, 1.82) is 0 Å². The Hall–Kier alpha value is -2.18. The second-order valence-electron chi connectivity index (χ2n) is 5.85. The maximum Gasteiger partial charge on any atom is 0.261 e. The van der Waals surface area contributed by atoms with Crippen LogP contribution in [0.3, 0.4) is 0 Å². The maximum atomic E-state index is 12.4. The van der Waals surface area contributed by atoms with Crippen LogP contribution >= 0.6 is 0 Å². The molecule has 1 aliphatic rings. The smallest absolute Gasteiger partial charge is 0.261 e. The van der Waals surface area contributed by atoms with Crippen LogP contribution in [0.2, 0.25) is 0 Å². The summed E-state index contributed by atoms with van der Waals surface area (Å²) in [4.78, 5) is 29.7. The summed E-state index contributed by atoms with van der Waals surface area (Å²) in [6.45, 7) is 7.12. The zero-order valence-electron chi connectivity index (χ0n) is 13.3. The van der Waals surface area contributed by atoms with Crippen LogP contribution in [-0.4, -0.2) is 55.1 Å². The van der Waals surface area contributed by atoms with Crippen LogP contribution < -0.4 is 16.2 Å². The predicted octanol–water partition coefficient (Wildman–Crippen LogP) is 0.472. The number of carbonyl (C=O) groups is 1. The minimum absolute atomic E-state index is 0.212. The summed E-state index contributed by atoms with van der Waals surface area (Å²) in [5, 5.41) is 7.07. The molecule has 1 fully saturated rings. The maximum absolute atomic E-state index is 12.4. The Morgan fingerprint density at radius 1 is 1.26 bits per heavy atom. The molecule has 1 amide bonds. The van der Waals surface area contributed by atoms with E-state index >= 15 is 0 Å². The van der Waals surface area contributed by atoms with Crippen molar-refractivity contribution >= 4 is 16.8 Å². The number of para-hydroxylation sites is 1. The van der Waals surface area contributed by atoms with Crippen LogP contribution in [0.25, 0.3) is 10.9 Å². The highest BCUT2D eigenvalue weighted by Gasteiger charge is 2.16. The molecule has 3 N–H and O–H groups in total. The van der Waals surface area contributed by atoms with Crippen molar-refractivity contribution in [2.24, 2.45) is 0 Å². The van der Waals surface area contributed by atoms with Crippen molar-refractivity contribution in [3.8, 4) is 0 Å². The van der Waals surface area contributed by atoms with Crippen molar-refractivity contribution < 1.29 is 4.79 Å². The molecule has 6 heteroatoms. The van der Waals surface area contributed by atoms with E-state index in [1.165, 1.54) is 0 Å². The molecule has 3 rings (SSSR count). The van der Waals surface area contributed by atoms with Crippen molar-refractivity contribution in [2.45, 2.75) is 6.92 Å². The fourth-order valence-electron chi connectivity index (χ4n) is 3.03. The SMILES string of the molecule is Cc1c(C(=O)NCCN2CCNCC2)c(=O)[nH]c2ccccc12. The molecule has 0 spiro atoms. The van der Waals surface area contributed by atoms with Gasteiger partial charge in [-0.15, -0.1) is 0 Å². The molecule has 6 nitrogen and oxygen atoms in total. The lowest BCUT2D eigenvalue weighted by molar-refractivity contribution is 0.0945. The highest BCUT2D eigenvalue weighted by Crippen LogP contribution is 2.16. The minimum Gasteiger partial charge on any atom is -0.351 e. The number of fused-ring (bicyclic) bond motifs is 1. The standard InChI is InChI=1S/C17H22N4O2/c1-12-13-4-2-3-5-14(13)20-17(23)15(12)16(22)19-8-11-21-9-6-18-7-10-21/h2-5,18H,6-11H2,1H3,(H,19,22)(H,20,23). The number of amides is 1. The quantitative estimate of drug-likeness (QED) is 0.767. The van der Waals surface area contributed by atoms with E-state index in [-0.39, 0.29) is 17.0 Å². The van der Waals surface area contributed by atoms with Crippen molar-refractivity contribution in [1.82, 2.24) is 20.5 Å². The number of nitrogens with one attached hydrogen (secondary N) is 3. The fourth-order valence-corrected chi connectivity index (χ4v) is 3.03. The van der Waals surface area contributed by atoms with Crippen LogP contribution in [-0.2, 0) is 0 Å². The third-order valence-corrected chi connectivity index (χ3v) is 4.33. The molecule has 2 aromatic rings. The Labute approximate surface area is 134 Å². The summed E-state index contributed by atoms with van der Waals surface area (Å²) >= 11 is 0. The van der Waals surface area contributed by atoms with Crippen molar-refractivity contribution in [3.63, 3.8) is 0 Å². The van der Waals surface area contributed by atoms with Gasteiger partial charge in [-0.2, -0.15) is 0 Å². The minimum atomic E-state index is -0.333. The summed E-state index contributed by atoms with van der Waals surface area (Å²) in [7, 11) is 0. The Morgan fingerprint density at radius 2 is 2.00 bits per heavy atom. The highest BCUT2D eigenvalue weighted by atomic mass is 16.2. The highest BCUT2D eigenvalue weighted by molar-refractivity contribution is 5.99. The molecule has 2 heterocycles. The second kappa shape index (κ2) is 6.93. The average molecular weight is 314 g/mol. The van der Waals surface area contributed by atoms with Crippen LogP contribution in [0, 0.1) is 6.92 Å². The largest absolute Gasteiger partial charge is 0.351 e. The number of nitrogens with zero attached hydrogens (tertiary/aromatic N) is 1. The van der Waals surface area contributed by atoms with E-state index in [4.69, 9.17) is 0 Å². The van der Waals surface area contributed by atoms with Gasteiger partial charge in [0.25, 0.3) is 11.5 Å². The lowest BCUT2D eigenvalue weighted by atomic mass is 10.0. The van der Waals surface area contributed by atoms with E-state index in [1.54, 1.807) is 0 Å². The number of aromatic nitrogens is 1. The molecule has 0 bridgehead atoms. The third-order valence-electron chi connectivity index (χ3n) is 4.33. The Balaban J connectivity index is 1.71. The number of pyridine rings is 1. The van der Waals surface area contributed by atoms with Crippen LogP contribution in [0.4, 0.5) is 0 Å². The summed E-state index contributed by atoms with van der Waals surface area (Å²) in [6.07, 6.45) is 0. The molecule has 0 radical (unpaired) electrons. The number of aryl methyl sites for hydroxylation is 1. The Bertz CT molecular complexity index is 763. The first kappa shape index (κ1) is 15.7. The fraction of sp³-hybridized carbons (Fsp3) is 0.412. The summed E-state index contributed by atoms with van der Waals surface area (Å²) in [6, 6.07) is 7.53. The first-order valence-electron chi connectivity index (χ1n) is 7.99. The molecule has 0 aliphatic carbocycles. The van der Waals surface area contributed by atoms with Gasteiger partial charge in [0.2, 0.25) is 0 Å². The Kier molecular flexibility index (Phi) is 4.73. The average Bonchev–Trinajstić information content (AvgIpc) is 2.56. The molecule has 23 heavy (non-hydrogen) atoms. The molecule has 1 aliphatic heterocycles. The van der Waals surface area contributed by atoms with Crippen LogP contribution in [0.1, 0.15) is 15.9 Å². The van der Waals surface area contributed by atoms with Crippen LogP contribution in [0.15, 0.2) is 29.1 Å². The van der Waals surface area contributed by atoms with Gasteiger partial charge in [-0.1, -0.05) is 18.2 Å². The normalized spacial score (nSPS) is 15.7. The van der Waals surface area contributed by atoms with Crippen molar-refractivity contribution in [2.75, 3.05) is 39.3 Å². The van der Waals surface area contributed by atoms with Gasteiger partial charge in [-0.05, 0) is 18.6 Å². The molecule has 1 aromatic carbocycles. The Morgan fingerprint density at radius 3 is 2.78 bits per heavy atom. The number of benzene rings is 1. The number of hydrogen-bond acceptors (Lipinski definition) is 4. The number of piperazine rings is 1. The lowest BCUT2D eigenvalue weighted by Gasteiger charge is -2.27. The van der Waals surface area contributed by atoms with Gasteiger partial charge in [-0.25, -0.2) is 0 Å². The van der Waals surface area contributed by atoms with E-state index in [1.807, 2.05) is 31.2 Å². The predicted molar refractivity (Wildman–Crippen MR) is 90.9 cm³/mol. The van der Waals surface area contributed by atoms with E-state index in [0.717, 1.165) is 49.2 Å². The molecule has 1 aromatic heterocycles.